The van der Waals surface area contributed by atoms with Crippen molar-refractivity contribution >= 4 is 18.1 Å². The molecule has 6 heteroatoms. The molecule has 3 N–H and O–H groups in total. The Labute approximate surface area is 99.4 Å². The van der Waals surface area contributed by atoms with Crippen LogP contribution in [-0.2, 0) is 11.3 Å². The summed E-state index contributed by atoms with van der Waals surface area (Å²) in [6.45, 7) is 0.408. The van der Waals surface area contributed by atoms with Gasteiger partial charge in [-0.05, 0) is 24.3 Å². The third kappa shape index (κ3) is 2.71. The first-order chi connectivity index (χ1) is 7.29. The number of H-pyrrole nitrogens is 1. The van der Waals surface area contributed by atoms with E-state index in [1.165, 1.54) is 0 Å². The Hall–Kier alpha value is -1.59. The molecule has 16 heavy (non-hydrogen) atoms. The van der Waals surface area contributed by atoms with Gasteiger partial charge in [0, 0.05) is 18.4 Å². The van der Waals surface area contributed by atoms with E-state index in [0.29, 0.717) is 12.4 Å². The molecular weight excluding hydrogens is 228 g/mol. The van der Waals surface area contributed by atoms with Gasteiger partial charge in [0.05, 0.1) is 0 Å². The fourth-order valence-electron chi connectivity index (χ4n) is 1.26. The third-order valence-electron chi connectivity index (χ3n) is 1.99. The number of ether oxygens (including phenoxy) is 1. The van der Waals surface area contributed by atoms with Gasteiger partial charge in [-0.25, -0.2) is 4.98 Å². The number of rotatable bonds is 3. The van der Waals surface area contributed by atoms with E-state index in [2.05, 4.69) is 15.2 Å². The number of hydrogen-bond acceptors (Lipinski definition) is 4. The average Bonchev–Trinajstić information content (AvgIpc) is 2.68. The predicted octanol–water partition coefficient (Wildman–Crippen LogP) is 1.62. The monoisotopic (exact) mass is 240 g/mol. The summed E-state index contributed by atoms with van der Waals surface area (Å²) in [6, 6.07) is 7.44. The largest absolute Gasteiger partial charge is 0.399 e. The number of hydrogen-bond donors (Lipinski definition) is 2. The maximum Gasteiger partial charge on any atom is 0.176 e. The quantitative estimate of drug-likeness (QED) is 0.800. The summed E-state index contributed by atoms with van der Waals surface area (Å²) in [5, 5.41) is 6.86. The first-order valence-electron chi connectivity index (χ1n) is 4.55. The standard InChI is InChI=1S/C10H12N4O.ClH/c1-15-6-9-12-10(14-13-9)7-2-4-8(11)5-3-7;/h2-5H,6,11H2,1H3,(H,12,13,14);1H. The molecule has 0 fully saturated rings. The number of aromatic amines is 1. The van der Waals surface area contributed by atoms with Gasteiger partial charge in [0.2, 0.25) is 0 Å². The highest BCUT2D eigenvalue weighted by atomic mass is 35.5. The fourth-order valence-corrected chi connectivity index (χ4v) is 1.26. The summed E-state index contributed by atoms with van der Waals surface area (Å²) < 4.78 is 4.93. The van der Waals surface area contributed by atoms with Gasteiger partial charge in [-0.2, -0.15) is 5.10 Å². The molecule has 5 nitrogen and oxygen atoms in total. The Balaban J connectivity index is 0.00000128. The van der Waals surface area contributed by atoms with Crippen LogP contribution in [0.4, 0.5) is 5.69 Å². The van der Waals surface area contributed by atoms with Crippen molar-refractivity contribution in [3.8, 4) is 11.4 Å². The van der Waals surface area contributed by atoms with Crippen LogP contribution in [-0.4, -0.2) is 22.3 Å². The van der Waals surface area contributed by atoms with Crippen LogP contribution < -0.4 is 5.73 Å². The van der Waals surface area contributed by atoms with Crippen LogP contribution in [0.2, 0.25) is 0 Å². The Kier molecular flexibility index (Phi) is 4.28. The van der Waals surface area contributed by atoms with Crippen LogP contribution in [0.1, 0.15) is 5.82 Å². The molecule has 86 valence electrons. The van der Waals surface area contributed by atoms with Crippen LogP contribution >= 0.6 is 12.4 Å². The first-order valence-corrected chi connectivity index (χ1v) is 4.55. The molecule has 0 saturated carbocycles. The van der Waals surface area contributed by atoms with E-state index in [1.54, 1.807) is 7.11 Å². The Morgan fingerprint density at radius 1 is 1.31 bits per heavy atom. The molecule has 0 atom stereocenters. The minimum Gasteiger partial charge on any atom is -0.399 e. The molecule has 0 unspecified atom stereocenters. The molecule has 0 aliphatic carbocycles. The highest BCUT2D eigenvalue weighted by molar-refractivity contribution is 5.85. The number of aromatic nitrogens is 3. The summed E-state index contributed by atoms with van der Waals surface area (Å²) >= 11 is 0. The average molecular weight is 241 g/mol. The lowest BCUT2D eigenvalue weighted by atomic mass is 10.2. The molecule has 1 heterocycles. The van der Waals surface area contributed by atoms with E-state index in [4.69, 9.17) is 10.5 Å². The van der Waals surface area contributed by atoms with Crippen molar-refractivity contribution in [2.75, 3.05) is 12.8 Å². The number of benzene rings is 1. The van der Waals surface area contributed by atoms with Crippen LogP contribution in [0.3, 0.4) is 0 Å². The molecule has 1 aromatic carbocycles. The molecule has 0 saturated heterocycles. The van der Waals surface area contributed by atoms with Crippen LogP contribution in [0.5, 0.6) is 0 Å². The second kappa shape index (κ2) is 5.48. The number of nitrogens with two attached hydrogens (primary N) is 1. The summed E-state index contributed by atoms with van der Waals surface area (Å²) in [6.07, 6.45) is 0. The minimum atomic E-state index is 0. The van der Waals surface area contributed by atoms with E-state index in [9.17, 15) is 0 Å². The Bertz CT molecular complexity index is 440. The molecule has 0 spiro atoms. The fraction of sp³-hybridized carbons (Fsp3) is 0.200. The van der Waals surface area contributed by atoms with Crippen LogP contribution in [0.15, 0.2) is 24.3 Å². The van der Waals surface area contributed by atoms with Gasteiger partial charge >= 0.3 is 0 Å². The molecule has 0 aliphatic heterocycles. The van der Waals surface area contributed by atoms with Crippen molar-refractivity contribution in [1.29, 1.82) is 0 Å². The molecule has 0 radical (unpaired) electrons. The SMILES string of the molecule is COCc1n[nH]c(-c2ccc(N)cc2)n1.Cl. The summed E-state index contributed by atoms with van der Waals surface area (Å²) in [5.74, 6) is 1.37. The maximum absolute atomic E-state index is 5.59. The number of methoxy groups -OCH3 is 1. The van der Waals surface area contributed by atoms with Crippen molar-refractivity contribution in [3.63, 3.8) is 0 Å². The Morgan fingerprint density at radius 2 is 2.00 bits per heavy atom. The molecule has 0 bridgehead atoms. The van der Waals surface area contributed by atoms with Crippen LogP contribution in [0.25, 0.3) is 11.4 Å². The minimum absolute atomic E-state index is 0. The zero-order valence-corrected chi connectivity index (χ0v) is 9.62. The lowest BCUT2D eigenvalue weighted by Crippen LogP contribution is -1.89. The summed E-state index contributed by atoms with van der Waals surface area (Å²) in [4.78, 5) is 4.27. The molecule has 0 aliphatic rings. The molecule has 0 amide bonds. The zero-order valence-electron chi connectivity index (χ0n) is 8.80. The van der Waals surface area contributed by atoms with E-state index in [-0.39, 0.29) is 12.4 Å². The smallest absolute Gasteiger partial charge is 0.176 e. The lowest BCUT2D eigenvalue weighted by molar-refractivity contribution is 0.178. The predicted molar refractivity (Wildman–Crippen MR) is 64.2 cm³/mol. The second-order valence-corrected chi connectivity index (χ2v) is 3.16. The lowest BCUT2D eigenvalue weighted by Gasteiger charge is -1.96. The maximum atomic E-state index is 5.59. The van der Waals surface area contributed by atoms with Crippen molar-refractivity contribution in [1.82, 2.24) is 15.2 Å². The number of nitrogens with one attached hydrogen (secondary N) is 1. The van der Waals surface area contributed by atoms with Crippen molar-refractivity contribution < 1.29 is 4.74 Å². The molecule has 1 aromatic heterocycles. The molecule has 2 rings (SSSR count). The van der Waals surface area contributed by atoms with E-state index in [1.807, 2.05) is 24.3 Å². The van der Waals surface area contributed by atoms with Gasteiger partial charge in [0.1, 0.15) is 6.61 Å². The second-order valence-electron chi connectivity index (χ2n) is 3.16. The van der Waals surface area contributed by atoms with E-state index in [0.717, 1.165) is 17.1 Å². The third-order valence-corrected chi connectivity index (χ3v) is 1.99. The van der Waals surface area contributed by atoms with Gasteiger partial charge in [-0.15, -0.1) is 12.4 Å². The normalized spacial score (nSPS) is 9.81. The highest BCUT2D eigenvalue weighted by Crippen LogP contribution is 2.16. The van der Waals surface area contributed by atoms with E-state index < -0.39 is 0 Å². The highest BCUT2D eigenvalue weighted by Gasteiger charge is 2.04. The van der Waals surface area contributed by atoms with Crippen molar-refractivity contribution in [2.24, 2.45) is 0 Å². The number of nitrogen functional groups attached to an aromatic ring is 1. The topological polar surface area (TPSA) is 76.8 Å². The molecular formula is C10H13ClN4O. The molecule has 2 aromatic rings. The first kappa shape index (κ1) is 12.5. The van der Waals surface area contributed by atoms with Crippen LogP contribution in [0, 0.1) is 0 Å². The number of nitrogens with zero attached hydrogens (tertiary/aromatic N) is 2. The number of anilines is 1. The van der Waals surface area contributed by atoms with Gasteiger partial charge in [-0.1, -0.05) is 0 Å². The van der Waals surface area contributed by atoms with Crippen molar-refractivity contribution in [3.05, 3.63) is 30.1 Å². The van der Waals surface area contributed by atoms with Gasteiger partial charge < -0.3 is 10.5 Å². The summed E-state index contributed by atoms with van der Waals surface area (Å²) in [7, 11) is 1.61. The van der Waals surface area contributed by atoms with Gasteiger partial charge in [0.25, 0.3) is 0 Å². The van der Waals surface area contributed by atoms with Gasteiger partial charge in [-0.3, -0.25) is 5.10 Å². The van der Waals surface area contributed by atoms with E-state index >= 15 is 0 Å². The zero-order chi connectivity index (χ0) is 10.7. The number of halogens is 1. The van der Waals surface area contributed by atoms with Crippen molar-refractivity contribution in [2.45, 2.75) is 6.61 Å². The van der Waals surface area contributed by atoms with Gasteiger partial charge in [0.15, 0.2) is 11.6 Å². The Morgan fingerprint density at radius 3 is 2.62 bits per heavy atom. The summed E-state index contributed by atoms with van der Waals surface area (Å²) in [5.41, 5.74) is 7.28.